The number of ether oxygens (including phenoxy) is 1. The Bertz CT molecular complexity index is 1210. The van der Waals surface area contributed by atoms with Gasteiger partial charge in [0.15, 0.2) is 5.82 Å². The number of nitrogens with zero attached hydrogens (tertiary/aromatic N) is 4. The van der Waals surface area contributed by atoms with Crippen molar-refractivity contribution < 1.29 is 17.9 Å². The number of H-pyrrole nitrogens is 1. The van der Waals surface area contributed by atoms with E-state index in [9.17, 15) is 13.2 Å². The summed E-state index contributed by atoms with van der Waals surface area (Å²) in [4.78, 5) is 29.4. The summed E-state index contributed by atoms with van der Waals surface area (Å²) in [7, 11) is -2.17. The lowest BCUT2D eigenvalue weighted by molar-refractivity contribution is 0.0985. The summed E-state index contributed by atoms with van der Waals surface area (Å²) in [6.45, 7) is 3.78. The molecular weight excluding hydrogens is 446 g/mol. The lowest BCUT2D eigenvalue weighted by Crippen LogP contribution is -2.44. The number of amides is 2. The van der Waals surface area contributed by atoms with Crippen molar-refractivity contribution in [3.8, 4) is 11.4 Å². The van der Waals surface area contributed by atoms with Crippen molar-refractivity contribution >= 4 is 27.4 Å². The number of urea groups is 1. The first-order valence-corrected chi connectivity index (χ1v) is 12.0. The molecule has 0 bridgehead atoms. The number of rotatable bonds is 6. The number of hydrogen-bond acceptors (Lipinski definition) is 8. The standard InChI is InChI=1S/C21H25N7O4S/c1-14-12-32-10-9-28(14)18-11-17(13-33(30,31)21-23-7-8-24-21)25-19(27-18)15-3-5-16(6-4-15)26-20(29)22-2/h3-8,11,14H,9-10,12-13H2,1-2H3,(H,23,24)(H2,22,26,29)/t14-/m0/s1. The number of aromatic nitrogens is 4. The number of benzene rings is 1. The van der Waals surface area contributed by atoms with Gasteiger partial charge in [-0.2, -0.15) is 0 Å². The topological polar surface area (TPSA) is 142 Å². The molecule has 3 N–H and O–H groups in total. The summed E-state index contributed by atoms with van der Waals surface area (Å²) in [5.74, 6) is 0.702. The van der Waals surface area contributed by atoms with Gasteiger partial charge in [0, 0.05) is 43.3 Å². The van der Waals surface area contributed by atoms with Crippen LogP contribution >= 0.6 is 0 Å². The second-order valence-corrected chi connectivity index (χ2v) is 9.50. The van der Waals surface area contributed by atoms with Gasteiger partial charge in [-0.3, -0.25) is 0 Å². The molecule has 1 saturated heterocycles. The first-order valence-electron chi connectivity index (χ1n) is 10.4. The van der Waals surface area contributed by atoms with Crippen molar-refractivity contribution in [2.24, 2.45) is 0 Å². The van der Waals surface area contributed by atoms with E-state index in [1.807, 2.05) is 6.92 Å². The fourth-order valence-electron chi connectivity index (χ4n) is 3.48. The normalized spacial score (nSPS) is 16.4. The number of anilines is 2. The van der Waals surface area contributed by atoms with Gasteiger partial charge in [-0.1, -0.05) is 0 Å². The lowest BCUT2D eigenvalue weighted by Gasteiger charge is -2.34. The largest absolute Gasteiger partial charge is 0.377 e. The highest BCUT2D eigenvalue weighted by Gasteiger charge is 2.24. The van der Waals surface area contributed by atoms with Gasteiger partial charge in [0.1, 0.15) is 11.6 Å². The molecule has 1 aromatic carbocycles. The van der Waals surface area contributed by atoms with Gasteiger partial charge in [-0.25, -0.2) is 28.2 Å². The molecule has 2 aromatic heterocycles. The predicted molar refractivity (Wildman–Crippen MR) is 123 cm³/mol. The minimum atomic E-state index is -3.71. The summed E-state index contributed by atoms with van der Waals surface area (Å²) >= 11 is 0. The zero-order valence-electron chi connectivity index (χ0n) is 18.3. The van der Waals surface area contributed by atoms with Crippen molar-refractivity contribution in [3.05, 3.63) is 48.4 Å². The third kappa shape index (κ3) is 5.29. The molecule has 174 valence electrons. The Morgan fingerprint density at radius 2 is 2.06 bits per heavy atom. The summed E-state index contributed by atoms with van der Waals surface area (Å²) in [6, 6.07) is 8.47. The Hall–Kier alpha value is -3.51. The summed E-state index contributed by atoms with van der Waals surface area (Å²) in [5, 5.41) is 5.08. The van der Waals surface area contributed by atoms with Crippen LogP contribution in [0.4, 0.5) is 16.3 Å². The molecule has 1 aliphatic rings. The van der Waals surface area contributed by atoms with Crippen LogP contribution in [0.1, 0.15) is 12.6 Å². The van der Waals surface area contributed by atoms with E-state index in [1.54, 1.807) is 30.3 Å². The molecule has 2 amide bonds. The Labute approximate surface area is 191 Å². The van der Waals surface area contributed by atoms with E-state index in [2.05, 4.69) is 30.5 Å². The summed E-state index contributed by atoms with van der Waals surface area (Å²) < 4.78 is 31.1. The average molecular weight is 472 g/mol. The SMILES string of the molecule is CNC(=O)Nc1ccc(-c2nc(CS(=O)(=O)c3ncc[nH]3)cc(N3CCOC[C@@H]3C)n2)cc1. The molecule has 3 aromatic rings. The van der Waals surface area contributed by atoms with Crippen LogP contribution in [0.25, 0.3) is 11.4 Å². The van der Waals surface area contributed by atoms with Crippen molar-refractivity contribution in [2.45, 2.75) is 23.9 Å². The molecule has 33 heavy (non-hydrogen) atoms. The maximum absolute atomic E-state index is 12.8. The van der Waals surface area contributed by atoms with Crippen molar-refractivity contribution in [1.82, 2.24) is 25.3 Å². The van der Waals surface area contributed by atoms with Gasteiger partial charge < -0.3 is 25.3 Å². The van der Waals surface area contributed by atoms with Gasteiger partial charge in [-0.05, 0) is 31.2 Å². The van der Waals surface area contributed by atoms with Crippen LogP contribution in [-0.4, -0.2) is 67.2 Å². The van der Waals surface area contributed by atoms with E-state index in [0.717, 1.165) is 0 Å². The van der Waals surface area contributed by atoms with E-state index in [1.165, 1.54) is 19.4 Å². The van der Waals surface area contributed by atoms with E-state index in [0.29, 0.717) is 48.3 Å². The molecule has 1 atom stereocenters. The van der Waals surface area contributed by atoms with Crippen LogP contribution in [-0.2, 0) is 20.3 Å². The molecule has 11 nitrogen and oxygen atoms in total. The highest BCUT2D eigenvalue weighted by Crippen LogP contribution is 2.25. The molecule has 12 heteroatoms. The number of carbonyl (C=O) groups excluding carboxylic acids is 1. The van der Waals surface area contributed by atoms with Crippen molar-refractivity contribution in [3.63, 3.8) is 0 Å². The Morgan fingerprint density at radius 1 is 1.27 bits per heavy atom. The number of carbonyl (C=O) groups is 1. The number of nitrogens with one attached hydrogen (secondary N) is 3. The smallest absolute Gasteiger partial charge is 0.318 e. The molecule has 0 spiro atoms. The van der Waals surface area contributed by atoms with Crippen LogP contribution in [0.15, 0.2) is 47.9 Å². The van der Waals surface area contributed by atoms with Crippen LogP contribution in [0.3, 0.4) is 0 Å². The third-order valence-corrected chi connectivity index (χ3v) is 6.65. The number of hydrogen-bond donors (Lipinski definition) is 3. The van der Waals surface area contributed by atoms with E-state index in [-0.39, 0.29) is 23.0 Å². The minimum Gasteiger partial charge on any atom is -0.377 e. The zero-order valence-corrected chi connectivity index (χ0v) is 19.1. The van der Waals surface area contributed by atoms with Crippen LogP contribution in [0.2, 0.25) is 0 Å². The first kappa shape index (κ1) is 22.7. The van der Waals surface area contributed by atoms with E-state index < -0.39 is 9.84 Å². The third-order valence-electron chi connectivity index (χ3n) is 5.16. The van der Waals surface area contributed by atoms with E-state index >= 15 is 0 Å². The Kier molecular flexibility index (Phi) is 6.56. The molecule has 0 unspecified atom stereocenters. The highest BCUT2D eigenvalue weighted by atomic mass is 32.2. The Balaban J connectivity index is 1.70. The maximum atomic E-state index is 12.8. The molecule has 1 aliphatic heterocycles. The second kappa shape index (κ2) is 9.55. The minimum absolute atomic E-state index is 0.0789. The maximum Gasteiger partial charge on any atom is 0.318 e. The fourth-order valence-corrected chi connectivity index (χ4v) is 4.62. The number of aromatic amines is 1. The zero-order chi connectivity index (χ0) is 23.4. The van der Waals surface area contributed by atoms with Crippen molar-refractivity contribution in [2.75, 3.05) is 37.0 Å². The Morgan fingerprint density at radius 3 is 2.73 bits per heavy atom. The molecule has 1 fully saturated rings. The highest BCUT2D eigenvalue weighted by molar-refractivity contribution is 7.90. The van der Waals surface area contributed by atoms with Gasteiger partial charge in [0.05, 0.1) is 24.9 Å². The van der Waals surface area contributed by atoms with Gasteiger partial charge in [0.25, 0.3) is 0 Å². The summed E-state index contributed by atoms with van der Waals surface area (Å²) in [6.07, 6.45) is 2.86. The number of morpholine rings is 1. The lowest BCUT2D eigenvalue weighted by atomic mass is 10.2. The molecule has 0 aliphatic carbocycles. The number of imidazole rings is 1. The quantitative estimate of drug-likeness (QED) is 0.494. The predicted octanol–water partition coefficient (Wildman–Crippen LogP) is 1.82. The van der Waals surface area contributed by atoms with Crippen LogP contribution < -0.4 is 15.5 Å². The number of sulfone groups is 1. The van der Waals surface area contributed by atoms with Crippen LogP contribution in [0, 0.1) is 0 Å². The second-order valence-electron chi connectivity index (χ2n) is 7.59. The molecule has 0 saturated carbocycles. The van der Waals surface area contributed by atoms with Gasteiger partial charge in [-0.15, -0.1) is 0 Å². The molecule has 3 heterocycles. The fraction of sp³-hybridized carbons (Fsp3) is 0.333. The summed E-state index contributed by atoms with van der Waals surface area (Å²) in [5.41, 5.74) is 1.66. The monoisotopic (exact) mass is 471 g/mol. The van der Waals surface area contributed by atoms with Crippen molar-refractivity contribution in [1.29, 1.82) is 0 Å². The average Bonchev–Trinajstić information content (AvgIpc) is 3.35. The van der Waals surface area contributed by atoms with Crippen LogP contribution in [0.5, 0.6) is 0 Å². The molecular formula is C21H25N7O4S. The molecule has 4 rings (SSSR count). The first-order chi connectivity index (χ1) is 15.9. The van der Waals surface area contributed by atoms with Gasteiger partial charge in [0.2, 0.25) is 15.0 Å². The van der Waals surface area contributed by atoms with Gasteiger partial charge >= 0.3 is 6.03 Å². The van der Waals surface area contributed by atoms with E-state index in [4.69, 9.17) is 9.72 Å². The molecule has 0 radical (unpaired) electrons.